The molecular formula is C20H21F5N2O3. The van der Waals surface area contributed by atoms with Gasteiger partial charge < -0.3 is 14.0 Å². The fourth-order valence-corrected chi connectivity index (χ4v) is 4.47. The van der Waals surface area contributed by atoms with Gasteiger partial charge in [0, 0.05) is 48.6 Å². The minimum Gasteiger partial charge on any atom is -0.459 e. The number of ether oxygens (including phenoxy) is 2. The predicted molar refractivity (Wildman–Crippen MR) is 97.5 cm³/mol. The summed E-state index contributed by atoms with van der Waals surface area (Å²) in [5.74, 6) is -1.46. The van der Waals surface area contributed by atoms with Crippen LogP contribution in [0.5, 0.6) is 0 Å². The van der Waals surface area contributed by atoms with E-state index in [0.29, 0.717) is 26.1 Å². The number of morpholine rings is 1. The molecule has 5 nitrogen and oxygen atoms in total. The van der Waals surface area contributed by atoms with Gasteiger partial charge in [0.05, 0.1) is 18.8 Å². The smallest absolute Gasteiger partial charge is 0.406 e. The molecular weight excluding hydrogens is 411 g/mol. The number of hydrogen-bond acceptors (Lipinski definition) is 4. The lowest BCUT2D eigenvalue weighted by atomic mass is 9.92. The second kappa shape index (κ2) is 8.14. The highest BCUT2D eigenvalue weighted by Crippen LogP contribution is 2.31. The fourth-order valence-electron chi connectivity index (χ4n) is 4.47. The summed E-state index contributed by atoms with van der Waals surface area (Å²) in [6.45, 7) is -0.696. The number of carbonyl (C=O) groups excluding carboxylic acids is 1. The van der Waals surface area contributed by atoms with Crippen LogP contribution in [-0.2, 0) is 16.0 Å². The number of halogens is 5. The van der Waals surface area contributed by atoms with E-state index in [9.17, 15) is 26.7 Å². The summed E-state index contributed by atoms with van der Waals surface area (Å²) in [5.41, 5.74) is -0.00921. The van der Waals surface area contributed by atoms with Crippen molar-refractivity contribution in [3.63, 3.8) is 0 Å². The molecule has 2 fully saturated rings. The number of carbonyl (C=O) groups is 1. The highest BCUT2D eigenvalue weighted by Gasteiger charge is 2.40. The first-order valence-corrected chi connectivity index (χ1v) is 9.70. The van der Waals surface area contributed by atoms with Crippen molar-refractivity contribution >= 4 is 16.9 Å². The van der Waals surface area contributed by atoms with E-state index in [0.717, 1.165) is 22.9 Å². The molecule has 0 saturated carbocycles. The van der Waals surface area contributed by atoms with Crippen LogP contribution in [-0.4, -0.2) is 66.2 Å². The van der Waals surface area contributed by atoms with Gasteiger partial charge >= 0.3 is 12.1 Å². The summed E-state index contributed by atoms with van der Waals surface area (Å²) in [6, 6.07) is 3.12. The lowest BCUT2D eigenvalue weighted by Crippen LogP contribution is -2.59. The van der Waals surface area contributed by atoms with E-state index >= 15 is 0 Å². The Labute approximate surface area is 169 Å². The molecule has 4 rings (SSSR count). The van der Waals surface area contributed by atoms with E-state index in [1.54, 1.807) is 0 Å². The number of rotatable bonds is 5. The Balaban J connectivity index is 1.56. The topological polar surface area (TPSA) is 43.7 Å². The van der Waals surface area contributed by atoms with Gasteiger partial charge in [-0.05, 0) is 18.2 Å². The molecule has 1 aromatic carbocycles. The van der Waals surface area contributed by atoms with Crippen molar-refractivity contribution in [3.05, 3.63) is 35.8 Å². The van der Waals surface area contributed by atoms with Crippen molar-refractivity contribution < 1.29 is 36.2 Å². The van der Waals surface area contributed by atoms with E-state index in [4.69, 9.17) is 9.47 Å². The minimum atomic E-state index is -4.50. The molecule has 164 valence electrons. The minimum absolute atomic E-state index is 0.0719. The van der Waals surface area contributed by atoms with Crippen molar-refractivity contribution in [2.45, 2.75) is 43.8 Å². The van der Waals surface area contributed by atoms with Gasteiger partial charge in [-0.1, -0.05) is 0 Å². The lowest BCUT2D eigenvalue weighted by Gasteiger charge is -2.47. The molecule has 1 aromatic heterocycles. The van der Waals surface area contributed by atoms with Crippen molar-refractivity contribution in [3.8, 4) is 0 Å². The summed E-state index contributed by atoms with van der Waals surface area (Å²) in [7, 11) is 0. The molecule has 2 saturated heterocycles. The highest BCUT2D eigenvalue weighted by atomic mass is 19.4. The molecule has 0 amide bonds. The summed E-state index contributed by atoms with van der Waals surface area (Å²) in [6.07, 6.45) is -3.03. The monoisotopic (exact) mass is 432 g/mol. The zero-order chi connectivity index (χ0) is 21.5. The van der Waals surface area contributed by atoms with Gasteiger partial charge in [-0.2, -0.15) is 13.2 Å². The van der Waals surface area contributed by atoms with Crippen LogP contribution >= 0.6 is 0 Å². The Morgan fingerprint density at radius 2 is 1.90 bits per heavy atom. The number of esters is 1. The van der Waals surface area contributed by atoms with Gasteiger partial charge in [-0.3, -0.25) is 4.90 Å². The number of alkyl halides is 4. The Hall–Kier alpha value is -2.20. The third-order valence-corrected chi connectivity index (χ3v) is 5.66. The summed E-state index contributed by atoms with van der Waals surface area (Å²) < 4.78 is 77.3. The summed E-state index contributed by atoms with van der Waals surface area (Å²) >= 11 is 0. The third kappa shape index (κ3) is 4.29. The lowest BCUT2D eigenvalue weighted by molar-refractivity contribution is -0.139. The van der Waals surface area contributed by atoms with E-state index in [1.807, 2.05) is 4.90 Å². The molecule has 0 aliphatic carbocycles. The second-order valence-corrected chi connectivity index (χ2v) is 7.72. The van der Waals surface area contributed by atoms with Crippen LogP contribution in [0.25, 0.3) is 10.9 Å². The van der Waals surface area contributed by atoms with E-state index in [1.165, 1.54) is 6.07 Å². The molecule has 3 atom stereocenters. The molecule has 1 unspecified atom stereocenters. The van der Waals surface area contributed by atoms with Crippen molar-refractivity contribution in [1.29, 1.82) is 0 Å². The maximum absolute atomic E-state index is 13.7. The first-order valence-electron chi connectivity index (χ1n) is 9.70. The number of aromatic nitrogens is 1. The Kier molecular flexibility index (Phi) is 5.71. The van der Waals surface area contributed by atoms with Gasteiger partial charge in [0.15, 0.2) is 0 Å². The molecule has 30 heavy (non-hydrogen) atoms. The van der Waals surface area contributed by atoms with Gasteiger partial charge in [-0.15, -0.1) is 0 Å². The van der Waals surface area contributed by atoms with Crippen LogP contribution in [0.15, 0.2) is 24.4 Å². The number of benzene rings is 1. The van der Waals surface area contributed by atoms with Gasteiger partial charge in [0.1, 0.15) is 25.1 Å². The van der Waals surface area contributed by atoms with Crippen LogP contribution in [0.2, 0.25) is 0 Å². The van der Waals surface area contributed by atoms with Crippen LogP contribution in [0.3, 0.4) is 0 Å². The Bertz CT molecular complexity index is 915. The standard InChI is InChI=1S/C20H21F5N2O3/c21-3-4-27-13-6-15(7-14(27)10-29-9-13)30-19(28)17-8-26(11-20(23,24)25)18-2-1-12(22)5-16(17)18/h1-2,5,8,13-15H,3-4,6-7,9-11H2/t13-,14+,15?. The van der Waals surface area contributed by atoms with E-state index in [2.05, 4.69) is 0 Å². The van der Waals surface area contributed by atoms with Crippen LogP contribution < -0.4 is 0 Å². The second-order valence-electron chi connectivity index (χ2n) is 7.72. The van der Waals surface area contributed by atoms with Gasteiger partial charge in [-0.25, -0.2) is 13.6 Å². The molecule has 2 aliphatic heterocycles. The van der Waals surface area contributed by atoms with E-state index in [-0.39, 0.29) is 35.1 Å². The van der Waals surface area contributed by atoms with Gasteiger partial charge in [0.25, 0.3) is 0 Å². The first-order chi connectivity index (χ1) is 14.2. The average molecular weight is 432 g/mol. The van der Waals surface area contributed by atoms with Crippen LogP contribution in [0.1, 0.15) is 23.2 Å². The molecule has 0 radical (unpaired) electrons. The largest absolute Gasteiger partial charge is 0.459 e. The molecule has 2 aliphatic rings. The molecule has 2 bridgehead atoms. The predicted octanol–water partition coefficient (Wildman–Crippen LogP) is 3.70. The van der Waals surface area contributed by atoms with Crippen molar-refractivity contribution in [1.82, 2.24) is 9.47 Å². The SMILES string of the molecule is O=C(OC1C[C@H]2COC[C@@H](C1)N2CCF)c1cn(CC(F)(F)F)c2ccc(F)cc12. The molecule has 0 N–H and O–H groups in total. The summed E-state index contributed by atoms with van der Waals surface area (Å²) in [4.78, 5) is 14.8. The van der Waals surface area contributed by atoms with Gasteiger partial charge in [0.2, 0.25) is 0 Å². The van der Waals surface area contributed by atoms with Crippen LogP contribution in [0, 0.1) is 5.82 Å². The number of nitrogens with zero attached hydrogens (tertiary/aromatic N) is 2. The van der Waals surface area contributed by atoms with E-state index < -0.39 is 37.3 Å². The first kappa shape index (κ1) is 21.0. The normalized spacial score (nSPS) is 24.9. The molecule has 2 aromatic rings. The number of fused-ring (bicyclic) bond motifs is 3. The maximum Gasteiger partial charge on any atom is 0.406 e. The molecule has 3 heterocycles. The quantitative estimate of drug-likeness (QED) is 0.534. The number of hydrogen-bond donors (Lipinski definition) is 0. The molecule has 0 spiro atoms. The maximum atomic E-state index is 13.7. The van der Waals surface area contributed by atoms with Crippen molar-refractivity contribution in [2.75, 3.05) is 26.4 Å². The Morgan fingerprint density at radius 1 is 1.20 bits per heavy atom. The summed E-state index contributed by atoms with van der Waals surface area (Å²) in [5, 5.41) is 0.0719. The fraction of sp³-hybridized carbons (Fsp3) is 0.550. The zero-order valence-corrected chi connectivity index (χ0v) is 16.0. The average Bonchev–Trinajstić information content (AvgIpc) is 2.98. The van der Waals surface area contributed by atoms with Crippen LogP contribution in [0.4, 0.5) is 22.0 Å². The molecule has 10 heteroatoms. The highest BCUT2D eigenvalue weighted by molar-refractivity contribution is 6.04. The third-order valence-electron chi connectivity index (χ3n) is 5.66. The number of piperidine rings is 1. The Morgan fingerprint density at radius 3 is 2.53 bits per heavy atom. The van der Waals surface area contributed by atoms with Crippen molar-refractivity contribution in [2.24, 2.45) is 0 Å². The zero-order valence-electron chi connectivity index (χ0n) is 16.0.